The van der Waals surface area contributed by atoms with Crippen LogP contribution in [-0.4, -0.2) is 8.07 Å². The van der Waals surface area contributed by atoms with Gasteiger partial charge in [-0.1, -0.05) is 90.7 Å². The molecule has 0 spiro atoms. The summed E-state index contributed by atoms with van der Waals surface area (Å²) >= 11 is 0. The zero-order valence-corrected chi connectivity index (χ0v) is 16.9. The summed E-state index contributed by atoms with van der Waals surface area (Å²) in [6, 6.07) is 15.1. The molecule has 0 radical (unpaired) electrons. The van der Waals surface area contributed by atoms with E-state index in [0.29, 0.717) is 0 Å². The average Bonchev–Trinajstić information content (AvgIpc) is 2.96. The van der Waals surface area contributed by atoms with Crippen molar-refractivity contribution in [2.24, 2.45) is 0 Å². The van der Waals surface area contributed by atoms with Crippen LogP contribution in [0.5, 0.6) is 0 Å². The Balaban J connectivity index is 2.10. The zero-order valence-electron chi connectivity index (χ0n) is 15.9. The van der Waals surface area contributed by atoms with Crippen molar-refractivity contribution in [1.29, 1.82) is 0 Å². The van der Waals surface area contributed by atoms with E-state index in [4.69, 9.17) is 0 Å². The van der Waals surface area contributed by atoms with E-state index in [0.717, 1.165) is 6.42 Å². The predicted octanol–water partition coefficient (Wildman–Crippen LogP) is 5.88. The van der Waals surface area contributed by atoms with Gasteiger partial charge in [-0.05, 0) is 49.5 Å². The van der Waals surface area contributed by atoms with Crippen LogP contribution in [0.1, 0.15) is 47.6 Å². The lowest BCUT2D eigenvalue weighted by Gasteiger charge is -2.33. The average molecular weight is 335 g/mol. The second kappa shape index (κ2) is 6.72. The van der Waals surface area contributed by atoms with Crippen molar-refractivity contribution in [3.05, 3.63) is 69.4 Å². The summed E-state index contributed by atoms with van der Waals surface area (Å²) in [7, 11) is -1.66. The Kier molecular flexibility index (Phi) is 4.82. The Hall–Kier alpha value is -1.60. The van der Waals surface area contributed by atoms with Gasteiger partial charge in [0.25, 0.3) is 0 Å². The standard InChI is InChI=1S/C23H30Si/c1-6-7-12-24(5,23-18(3)13-17(2)14-19(23)4)22-15-20-10-8-9-11-21(20)16-22/h8-11,13-15H,6-7,12,16H2,1-5H3. The molecule has 1 atom stereocenters. The van der Waals surface area contributed by atoms with Gasteiger partial charge in [-0.3, -0.25) is 0 Å². The first-order valence-electron chi connectivity index (χ1n) is 9.33. The molecule has 1 heteroatoms. The van der Waals surface area contributed by atoms with E-state index in [1.54, 1.807) is 10.4 Å². The van der Waals surface area contributed by atoms with Crippen molar-refractivity contribution in [3.8, 4) is 0 Å². The minimum atomic E-state index is -1.66. The second-order valence-corrected chi connectivity index (χ2v) is 12.1. The topological polar surface area (TPSA) is 0 Å². The van der Waals surface area contributed by atoms with E-state index in [2.05, 4.69) is 76.7 Å². The van der Waals surface area contributed by atoms with Gasteiger partial charge in [0.1, 0.15) is 8.07 Å². The van der Waals surface area contributed by atoms with Gasteiger partial charge in [0.15, 0.2) is 0 Å². The van der Waals surface area contributed by atoms with E-state index in [1.165, 1.54) is 46.7 Å². The summed E-state index contributed by atoms with van der Waals surface area (Å²) in [6.07, 6.45) is 6.31. The summed E-state index contributed by atoms with van der Waals surface area (Å²) in [6.45, 7) is 11.8. The number of unbranched alkanes of at least 4 members (excludes halogenated alkanes) is 1. The zero-order chi connectivity index (χ0) is 17.3. The molecule has 3 rings (SSSR count). The smallest absolute Gasteiger partial charge is 0.0709 e. The fourth-order valence-electron chi connectivity index (χ4n) is 4.66. The van der Waals surface area contributed by atoms with Crippen LogP contribution in [0, 0.1) is 20.8 Å². The largest absolute Gasteiger partial charge is 0.111 e. The van der Waals surface area contributed by atoms with Gasteiger partial charge in [0.2, 0.25) is 0 Å². The molecule has 0 saturated heterocycles. The molecular weight excluding hydrogens is 304 g/mol. The first kappa shape index (κ1) is 17.2. The van der Waals surface area contributed by atoms with E-state index in [1.807, 2.05) is 0 Å². The monoisotopic (exact) mass is 334 g/mol. The van der Waals surface area contributed by atoms with Crippen molar-refractivity contribution in [2.45, 2.75) is 59.5 Å². The van der Waals surface area contributed by atoms with Crippen LogP contribution in [0.3, 0.4) is 0 Å². The van der Waals surface area contributed by atoms with Gasteiger partial charge in [0, 0.05) is 0 Å². The van der Waals surface area contributed by atoms with Gasteiger partial charge in [0.05, 0.1) is 0 Å². The van der Waals surface area contributed by atoms with Crippen LogP contribution in [0.4, 0.5) is 0 Å². The van der Waals surface area contributed by atoms with Crippen molar-refractivity contribution in [1.82, 2.24) is 0 Å². The molecule has 0 fully saturated rings. The maximum absolute atomic E-state index is 2.62. The molecule has 0 aliphatic heterocycles. The number of rotatable bonds is 5. The summed E-state index contributed by atoms with van der Waals surface area (Å²) in [5.41, 5.74) is 7.38. The Morgan fingerprint density at radius 2 is 1.67 bits per heavy atom. The molecule has 0 nitrogen and oxygen atoms in total. The Morgan fingerprint density at radius 1 is 1.00 bits per heavy atom. The van der Waals surface area contributed by atoms with Gasteiger partial charge in [-0.2, -0.15) is 0 Å². The molecule has 0 saturated carbocycles. The molecule has 2 aromatic rings. The van der Waals surface area contributed by atoms with Gasteiger partial charge >= 0.3 is 0 Å². The SMILES string of the molecule is CCCC[Si](C)(C1=Cc2ccccc2C1)c1c(C)cc(C)cc1C. The Labute approximate surface area is 148 Å². The van der Waals surface area contributed by atoms with Crippen LogP contribution in [0.2, 0.25) is 12.6 Å². The highest BCUT2D eigenvalue weighted by Crippen LogP contribution is 2.35. The molecule has 0 bridgehead atoms. The summed E-state index contributed by atoms with van der Waals surface area (Å²) < 4.78 is 0. The number of aryl methyl sites for hydroxylation is 3. The molecule has 2 aromatic carbocycles. The molecule has 0 heterocycles. The Morgan fingerprint density at radius 3 is 2.29 bits per heavy atom. The van der Waals surface area contributed by atoms with Crippen molar-refractivity contribution < 1.29 is 0 Å². The predicted molar refractivity (Wildman–Crippen MR) is 110 cm³/mol. The van der Waals surface area contributed by atoms with Gasteiger partial charge < -0.3 is 0 Å². The minimum Gasteiger partial charge on any atom is -0.0709 e. The van der Waals surface area contributed by atoms with Crippen LogP contribution >= 0.6 is 0 Å². The highest BCUT2D eigenvalue weighted by molar-refractivity contribution is 6.97. The number of fused-ring (bicyclic) bond motifs is 1. The van der Waals surface area contributed by atoms with Crippen molar-refractivity contribution in [2.75, 3.05) is 0 Å². The lowest BCUT2D eigenvalue weighted by molar-refractivity contribution is 0.869. The van der Waals surface area contributed by atoms with E-state index in [-0.39, 0.29) is 0 Å². The quantitative estimate of drug-likeness (QED) is 0.599. The molecule has 1 aliphatic rings. The number of hydrogen-bond acceptors (Lipinski definition) is 0. The second-order valence-electron chi connectivity index (χ2n) is 7.75. The van der Waals surface area contributed by atoms with Crippen LogP contribution in [-0.2, 0) is 6.42 Å². The molecule has 0 aromatic heterocycles. The molecular formula is C23H30Si. The molecule has 24 heavy (non-hydrogen) atoms. The van der Waals surface area contributed by atoms with E-state index >= 15 is 0 Å². The summed E-state index contributed by atoms with van der Waals surface area (Å²) in [5, 5.41) is 3.42. The lowest BCUT2D eigenvalue weighted by atomic mass is 10.1. The van der Waals surface area contributed by atoms with Gasteiger partial charge in [-0.25, -0.2) is 0 Å². The summed E-state index contributed by atoms with van der Waals surface area (Å²) in [4.78, 5) is 0. The lowest BCUT2D eigenvalue weighted by Crippen LogP contribution is -2.49. The molecule has 1 unspecified atom stereocenters. The van der Waals surface area contributed by atoms with Gasteiger partial charge in [-0.15, -0.1) is 0 Å². The molecule has 0 amide bonds. The maximum atomic E-state index is 2.62. The van der Waals surface area contributed by atoms with Crippen LogP contribution in [0.15, 0.2) is 41.6 Å². The molecule has 0 N–H and O–H groups in total. The number of benzene rings is 2. The van der Waals surface area contributed by atoms with Crippen LogP contribution < -0.4 is 5.19 Å². The van der Waals surface area contributed by atoms with Crippen molar-refractivity contribution >= 4 is 19.3 Å². The molecule has 1 aliphatic carbocycles. The summed E-state index contributed by atoms with van der Waals surface area (Å²) in [5.74, 6) is 0. The number of hydrogen-bond donors (Lipinski definition) is 0. The normalized spacial score (nSPS) is 15.8. The maximum Gasteiger partial charge on any atom is 0.111 e. The number of allylic oxidation sites excluding steroid dienone is 1. The third-order valence-corrected chi connectivity index (χ3v) is 10.7. The first-order valence-corrected chi connectivity index (χ1v) is 12.0. The molecule has 126 valence electrons. The highest BCUT2D eigenvalue weighted by atomic mass is 28.3. The third-order valence-electron chi connectivity index (χ3n) is 5.73. The fraction of sp³-hybridized carbons (Fsp3) is 0.391. The minimum absolute atomic E-state index is 1.16. The Bertz CT molecular complexity index is 761. The van der Waals surface area contributed by atoms with E-state index in [9.17, 15) is 0 Å². The van der Waals surface area contributed by atoms with Crippen LogP contribution in [0.25, 0.3) is 6.08 Å². The first-order chi connectivity index (χ1) is 11.5. The third kappa shape index (κ3) is 3.02. The fourth-order valence-corrected chi connectivity index (χ4v) is 9.55. The van der Waals surface area contributed by atoms with Crippen molar-refractivity contribution in [3.63, 3.8) is 0 Å². The highest BCUT2D eigenvalue weighted by Gasteiger charge is 2.37. The van der Waals surface area contributed by atoms with E-state index < -0.39 is 8.07 Å².